The van der Waals surface area contributed by atoms with Crippen molar-refractivity contribution >= 4 is 52.9 Å². The number of aliphatic imine (C=N–C) groups is 1. The Bertz CT molecular complexity index is 615. The molecule has 0 atom stereocenters. The average Bonchev–Trinajstić information content (AvgIpc) is 3.00. The Labute approximate surface area is 163 Å². The molecular formula is C15H21ClIN5S. The Hall–Kier alpha value is -0.930. The average molecular weight is 466 g/mol. The quantitative estimate of drug-likeness (QED) is 0.297. The molecular weight excluding hydrogens is 445 g/mol. The van der Waals surface area contributed by atoms with Crippen LogP contribution in [-0.4, -0.2) is 29.5 Å². The standard InChI is InChI=1S/C15H20ClN5S.HI/c1-3-14-21-12(10-22-14)9-20-15(17-2)18-7-6-11-4-5-13(16)19-8-11;/h4-5,8,10H,3,6-7,9H2,1-2H3,(H2,17,18,20);1H. The van der Waals surface area contributed by atoms with Crippen molar-refractivity contribution in [3.05, 3.63) is 45.1 Å². The van der Waals surface area contributed by atoms with E-state index >= 15 is 0 Å². The Morgan fingerprint density at radius 2 is 2.17 bits per heavy atom. The smallest absolute Gasteiger partial charge is 0.191 e. The van der Waals surface area contributed by atoms with Crippen molar-refractivity contribution in [3.8, 4) is 0 Å². The number of thiazole rings is 1. The lowest BCUT2D eigenvalue weighted by Gasteiger charge is -2.10. The van der Waals surface area contributed by atoms with Crippen molar-refractivity contribution in [2.24, 2.45) is 4.99 Å². The van der Waals surface area contributed by atoms with Crippen molar-refractivity contribution < 1.29 is 0 Å². The van der Waals surface area contributed by atoms with Crippen LogP contribution < -0.4 is 10.6 Å². The number of hydrogen-bond donors (Lipinski definition) is 2. The second kappa shape index (κ2) is 10.8. The van der Waals surface area contributed by atoms with Crippen LogP contribution in [0.5, 0.6) is 0 Å². The molecule has 8 heteroatoms. The van der Waals surface area contributed by atoms with E-state index in [4.69, 9.17) is 11.6 Å². The molecule has 0 aromatic carbocycles. The summed E-state index contributed by atoms with van der Waals surface area (Å²) in [4.78, 5) is 12.8. The van der Waals surface area contributed by atoms with Crippen molar-refractivity contribution in [2.75, 3.05) is 13.6 Å². The first-order chi connectivity index (χ1) is 10.7. The zero-order valence-corrected chi connectivity index (χ0v) is 17.1. The number of guanidine groups is 1. The molecule has 2 aromatic heterocycles. The third kappa shape index (κ3) is 7.01. The number of halogens is 2. The van der Waals surface area contributed by atoms with Crippen molar-refractivity contribution in [1.29, 1.82) is 0 Å². The lowest BCUT2D eigenvalue weighted by atomic mass is 10.2. The van der Waals surface area contributed by atoms with Crippen LogP contribution in [0, 0.1) is 0 Å². The van der Waals surface area contributed by atoms with Gasteiger partial charge in [-0.15, -0.1) is 35.3 Å². The van der Waals surface area contributed by atoms with Crippen LogP contribution in [0.4, 0.5) is 0 Å². The number of hydrogen-bond acceptors (Lipinski definition) is 4. The first kappa shape index (κ1) is 20.1. The van der Waals surface area contributed by atoms with E-state index in [-0.39, 0.29) is 24.0 Å². The second-order valence-corrected chi connectivity index (χ2v) is 6.01. The number of pyridine rings is 1. The van der Waals surface area contributed by atoms with Crippen LogP contribution >= 0.6 is 46.9 Å². The van der Waals surface area contributed by atoms with Gasteiger partial charge in [0.25, 0.3) is 0 Å². The molecule has 0 spiro atoms. The molecule has 0 aliphatic rings. The zero-order chi connectivity index (χ0) is 15.8. The molecule has 2 rings (SSSR count). The lowest BCUT2D eigenvalue weighted by molar-refractivity contribution is 0.783. The minimum absolute atomic E-state index is 0. The van der Waals surface area contributed by atoms with Gasteiger partial charge in [0, 0.05) is 25.2 Å². The summed E-state index contributed by atoms with van der Waals surface area (Å²) in [6, 6.07) is 3.78. The molecule has 0 aliphatic carbocycles. The maximum Gasteiger partial charge on any atom is 0.191 e. The Kier molecular flexibility index (Phi) is 9.42. The summed E-state index contributed by atoms with van der Waals surface area (Å²) in [5, 5.41) is 10.3. The summed E-state index contributed by atoms with van der Waals surface area (Å²) in [6.07, 6.45) is 3.63. The first-order valence-corrected chi connectivity index (χ1v) is 8.45. The summed E-state index contributed by atoms with van der Waals surface area (Å²) >= 11 is 7.47. The van der Waals surface area contributed by atoms with Crippen molar-refractivity contribution in [2.45, 2.75) is 26.3 Å². The van der Waals surface area contributed by atoms with Gasteiger partial charge in [-0.25, -0.2) is 9.97 Å². The van der Waals surface area contributed by atoms with E-state index in [1.165, 1.54) is 0 Å². The third-order valence-electron chi connectivity index (χ3n) is 3.06. The van der Waals surface area contributed by atoms with Gasteiger partial charge in [-0.2, -0.15) is 0 Å². The van der Waals surface area contributed by atoms with Crippen molar-refractivity contribution in [3.63, 3.8) is 0 Å². The molecule has 0 aliphatic heterocycles. The summed E-state index contributed by atoms with van der Waals surface area (Å²) in [6.45, 7) is 3.57. The first-order valence-electron chi connectivity index (χ1n) is 7.19. The van der Waals surface area contributed by atoms with E-state index < -0.39 is 0 Å². The van der Waals surface area contributed by atoms with E-state index in [2.05, 4.69) is 37.9 Å². The maximum atomic E-state index is 5.77. The SMILES string of the molecule is CCc1nc(CNC(=NC)NCCc2ccc(Cl)nc2)cs1.I. The van der Waals surface area contributed by atoms with Gasteiger partial charge < -0.3 is 10.6 Å². The fraction of sp³-hybridized carbons (Fsp3) is 0.400. The fourth-order valence-corrected chi connectivity index (χ4v) is 2.72. The van der Waals surface area contributed by atoms with Gasteiger partial charge in [0.1, 0.15) is 5.15 Å². The molecule has 2 aromatic rings. The van der Waals surface area contributed by atoms with Gasteiger partial charge in [0.2, 0.25) is 0 Å². The highest BCUT2D eigenvalue weighted by atomic mass is 127. The highest BCUT2D eigenvalue weighted by molar-refractivity contribution is 14.0. The second-order valence-electron chi connectivity index (χ2n) is 4.68. The van der Waals surface area contributed by atoms with Gasteiger partial charge in [0.15, 0.2) is 5.96 Å². The highest BCUT2D eigenvalue weighted by Crippen LogP contribution is 2.09. The monoisotopic (exact) mass is 465 g/mol. The molecule has 0 saturated carbocycles. The van der Waals surface area contributed by atoms with Crippen LogP contribution in [0.3, 0.4) is 0 Å². The Balaban J connectivity index is 0.00000264. The van der Waals surface area contributed by atoms with Gasteiger partial charge in [-0.1, -0.05) is 24.6 Å². The van der Waals surface area contributed by atoms with E-state index in [1.54, 1.807) is 30.6 Å². The normalized spacial score (nSPS) is 11.0. The minimum Gasteiger partial charge on any atom is -0.356 e. The van der Waals surface area contributed by atoms with Gasteiger partial charge in [-0.05, 0) is 24.5 Å². The van der Waals surface area contributed by atoms with Crippen LogP contribution in [0.2, 0.25) is 5.15 Å². The molecule has 2 heterocycles. The van der Waals surface area contributed by atoms with Crippen LogP contribution in [0.25, 0.3) is 0 Å². The molecule has 23 heavy (non-hydrogen) atoms. The summed E-state index contributed by atoms with van der Waals surface area (Å²) in [5.74, 6) is 0.771. The van der Waals surface area contributed by atoms with E-state index in [0.29, 0.717) is 11.7 Å². The van der Waals surface area contributed by atoms with E-state index in [1.807, 2.05) is 6.07 Å². The molecule has 0 unspecified atom stereocenters. The van der Waals surface area contributed by atoms with Crippen LogP contribution in [0.15, 0.2) is 28.7 Å². The summed E-state index contributed by atoms with van der Waals surface area (Å²) in [7, 11) is 1.76. The molecule has 0 bridgehead atoms. The van der Waals surface area contributed by atoms with Crippen molar-refractivity contribution in [1.82, 2.24) is 20.6 Å². The largest absolute Gasteiger partial charge is 0.356 e. The molecule has 2 N–H and O–H groups in total. The number of nitrogens with one attached hydrogen (secondary N) is 2. The molecule has 0 fully saturated rings. The topological polar surface area (TPSA) is 62.2 Å². The predicted molar refractivity (Wildman–Crippen MR) is 108 cm³/mol. The van der Waals surface area contributed by atoms with Gasteiger partial charge in [-0.3, -0.25) is 4.99 Å². The number of nitrogens with zero attached hydrogens (tertiary/aromatic N) is 3. The van der Waals surface area contributed by atoms with E-state index in [0.717, 1.165) is 41.6 Å². The molecule has 0 amide bonds. The zero-order valence-electron chi connectivity index (χ0n) is 13.2. The molecule has 0 radical (unpaired) electrons. The summed E-state index contributed by atoms with van der Waals surface area (Å²) < 4.78 is 0. The molecule has 5 nitrogen and oxygen atoms in total. The van der Waals surface area contributed by atoms with Crippen LogP contribution in [0.1, 0.15) is 23.2 Å². The fourth-order valence-electron chi connectivity index (χ4n) is 1.87. The number of rotatable bonds is 6. The number of aromatic nitrogens is 2. The van der Waals surface area contributed by atoms with Gasteiger partial charge >= 0.3 is 0 Å². The van der Waals surface area contributed by atoms with E-state index in [9.17, 15) is 0 Å². The minimum atomic E-state index is 0. The Morgan fingerprint density at radius 1 is 1.35 bits per heavy atom. The maximum absolute atomic E-state index is 5.77. The predicted octanol–water partition coefficient (Wildman–Crippen LogP) is 3.28. The lowest BCUT2D eigenvalue weighted by Crippen LogP contribution is -2.37. The van der Waals surface area contributed by atoms with Gasteiger partial charge in [0.05, 0.1) is 17.2 Å². The molecule has 0 saturated heterocycles. The van der Waals surface area contributed by atoms with Crippen LogP contribution in [-0.2, 0) is 19.4 Å². The highest BCUT2D eigenvalue weighted by Gasteiger charge is 2.02. The Morgan fingerprint density at radius 3 is 2.78 bits per heavy atom. The summed E-state index contributed by atoms with van der Waals surface area (Å²) in [5.41, 5.74) is 2.19. The molecule has 126 valence electrons. The number of aryl methyl sites for hydroxylation is 1. The third-order valence-corrected chi connectivity index (χ3v) is 4.32.